The molecule has 0 heterocycles. The number of benzene rings is 5. The van der Waals surface area contributed by atoms with E-state index in [1.807, 2.05) is 0 Å². The Bertz CT molecular complexity index is 1680. The summed E-state index contributed by atoms with van der Waals surface area (Å²) in [6.45, 7) is 0. The monoisotopic (exact) mass is 632 g/mol. The Kier molecular flexibility index (Phi) is 8.93. The Balaban J connectivity index is 1.80. The molecule has 0 unspecified atom stereocenters. The molecular weight excluding hydrogens is 618 g/mol. The maximum Gasteiger partial charge on any atom is 0.217 e. The first-order valence-corrected chi connectivity index (χ1v) is 13.6. The topological polar surface area (TPSA) is 84.5 Å². The molecule has 0 radical (unpaired) electrons. The standard InChI is InChI=1S/C32H16Cl4N2O4/c33-19-1-9-23(10-2-19)39-29-27(17-37)28(18-38)30(40-24-11-3-20(34)4-12-24)32(42-26-15-7-22(36)8-16-26)31(29)41-25-13-5-21(35)6-14-25/h1-16H. The lowest BCUT2D eigenvalue weighted by Gasteiger charge is -2.22. The Morgan fingerprint density at radius 2 is 0.571 bits per heavy atom. The molecule has 0 aliphatic rings. The van der Waals surface area contributed by atoms with Crippen LogP contribution in [0, 0.1) is 22.7 Å². The van der Waals surface area contributed by atoms with E-state index in [1.54, 1.807) is 97.1 Å². The van der Waals surface area contributed by atoms with Crippen molar-refractivity contribution in [1.29, 1.82) is 10.5 Å². The maximum atomic E-state index is 10.3. The minimum Gasteiger partial charge on any atom is -0.452 e. The third-order valence-electron chi connectivity index (χ3n) is 5.68. The second-order valence-corrected chi connectivity index (χ2v) is 10.3. The van der Waals surface area contributed by atoms with Gasteiger partial charge in [0, 0.05) is 20.1 Å². The molecule has 5 aromatic rings. The minimum atomic E-state index is -0.149. The number of hydrogen-bond acceptors (Lipinski definition) is 6. The zero-order valence-electron chi connectivity index (χ0n) is 21.3. The van der Waals surface area contributed by atoms with Gasteiger partial charge in [-0.15, -0.1) is 0 Å². The molecule has 0 N–H and O–H groups in total. The normalized spacial score (nSPS) is 10.3. The molecule has 6 nitrogen and oxygen atoms in total. The molecule has 0 fully saturated rings. The van der Waals surface area contributed by atoms with Crippen LogP contribution >= 0.6 is 46.4 Å². The van der Waals surface area contributed by atoms with Gasteiger partial charge in [-0.1, -0.05) is 46.4 Å². The Hall–Kier alpha value is -4.56. The van der Waals surface area contributed by atoms with Crippen molar-refractivity contribution in [2.45, 2.75) is 0 Å². The quantitative estimate of drug-likeness (QED) is 0.169. The summed E-state index contributed by atoms with van der Waals surface area (Å²) in [6.07, 6.45) is 0. The van der Waals surface area contributed by atoms with Gasteiger partial charge in [0.05, 0.1) is 0 Å². The molecule has 0 saturated heterocycles. The summed E-state index contributed by atoms with van der Waals surface area (Å²) in [6, 6.07) is 30.1. The van der Waals surface area contributed by atoms with Crippen LogP contribution in [0.4, 0.5) is 0 Å². The Morgan fingerprint density at radius 3 is 0.786 bits per heavy atom. The van der Waals surface area contributed by atoms with E-state index in [0.717, 1.165) is 0 Å². The molecule has 0 spiro atoms. The van der Waals surface area contributed by atoms with Gasteiger partial charge in [0.15, 0.2) is 11.5 Å². The van der Waals surface area contributed by atoms with Gasteiger partial charge in [0.2, 0.25) is 11.5 Å². The fourth-order valence-corrected chi connectivity index (χ4v) is 4.24. The predicted molar refractivity (Wildman–Crippen MR) is 162 cm³/mol. The van der Waals surface area contributed by atoms with Crippen molar-refractivity contribution in [3.63, 3.8) is 0 Å². The van der Waals surface area contributed by atoms with Crippen LogP contribution in [0.5, 0.6) is 46.0 Å². The highest BCUT2D eigenvalue weighted by Crippen LogP contribution is 2.54. The summed E-state index contributed by atoms with van der Waals surface area (Å²) in [5, 5.41) is 22.6. The number of ether oxygens (including phenoxy) is 4. The van der Waals surface area contributed by atoms with Gasteiger partial charge in [-0.25, -0.2) is 0 Å². The fraction of sp³-hybridized carbons (Fsp3) is 0. The molecule has 0 aliphatic heterocycles. The Labute approximate surface area is 261 Å². The van der Waals surface area contributed by atoms with E-state index >= 15 is 0 Å². The van der Waals surface area contributed by atoms with Crippen molar-refractivity contribution in [3.05, 3.63) is 128 Å². The van der Waals surface area contributed by atoms with Gasteiger partial charge in [0.25, 0.3) is 0 Å². The molecule has 0 aliphatic carbocycles. The van der Waals surface area contributed by atoms with E-state index in [-0.39, 0.29) is 34.1 Å². The van der Waals surface area contributed by atoms with E-state index in [9.17, 15) is 10.5 Å². The summed E-state index contributed by atoms with van der Waals surface area (Å²) >= 11 is 24.3. The van der Waals surface area contributed by atoms with Gasteiger partial charge in [-0.2, -0.15) is 10.5 Å². The number of rotatable bonds is 8. The minimum absolute atomic E-state index is 0.0401. The zero-order valence-corrected chi connectivity index (χ0v) is 24.3. The average molecular weight is 634 g/mol. The first kappa shape index (κ1) is 29.0. The maximum absolute atomic E-state index is 10.3. The van der Waals surface area contributed by atoms with Gasteiger partial charge in [0.1, 0.15) is 46.3 Å². The van der Waals surface area contributed by atoms with Gasteiger partial charge in [-0.3, -0.25) is 0 Å². The highest BCUT2D eigenvalue weighted by Gasteiger charge is 2.31. The summed E-state index contributed by atoms with van der Waals surface area (Å²) in [5.74, 6) is 1.08. The van der Waals surface area contributed by atoms with Crippen LogP contribution in [0.1, 0.15) is 11.1 Å². The van der Waals surface area contributed by atoms with Crippen molar-refractivity contribution in [2.24, 2.45) is 0 Å². The summed E-state index contributed by atoms with van der Waals surface area (Å²) in [4.78, 5) is 0. The van der Waals surface area contributed by atoms with E-state index in [2.05, 4.69) is 12.1 Å². The molecule has 0 saturated carbocycles. The third-order valence-corrected chi connectivity index (χ3v) is 6.69. The van der Waals surface area contributed by atoms with Crippen LogP contribution in [0.3, 0.4) is 0 Å². The number of halogens is 4. The summed E-state index contributed by atoms with van der Waals surface area (Å²) < 4.78 is 25.0. The van der Waals surface area contributed by atoms with Gasteiger partial charge in [-0.05, 0) is 97.1 Å². The van der Waals surface area contributed by atoms with E-state index in [1.165, 1.54) is 0 Å². The molecule has 0 atom stereocenters. The van der Waals surface area contributed by atoms with Crippen molar-refractivity contribution in [2.75, 3.05) is 0 Å². The van der Waals surface area contributed by atoms with Crippen molar-refractivity contribution in [1.82, 2.24) is 0 Å². The smallest absolute Gasteiger partial charge is 0.217 e. The summed E-state index contributed by atoms with van der Waals surface area (Å²) in [7, 11) is 0. The molecular formula is C32H16Cl4N2O4. The lowest BCUT2D eigenvalue weighted by molar-refractivity contribution is 0.365. The van der Waals surface area contributed by atoms with Crippen LogP contribution in [0.25, 0.3) is 0 Å². The number of nitriles is 2. The largest absolute Gasteiger partial charge is 0.452 e. The van der Waals surface area contributed by atoms with Crippen molar-refractivity contribution in [3.8, 4) is 58.1 Å². The van der Waals surface area contributed by atoms with Crippen molar-refractivity contribution >= 4 is 46.4 Å². The molecule has 0 amide bonds. The first-order valence-electron chi connectivity index (χ1n) is 12.1. The SMILES string of the molecule is N#Cc1c(C#N)c(Oc2ccc(Cl)cc2)c(Oc2ccc(Cl)cc2)c(Oc2ccc(Cl)cc2)c1Oc1ccc(Cl)cc1. The van der Waals surface area contributed by atoms with Crippen molar-refractivity contribution < 1.29 is 18.9 Å². The predicted octanol–water partition coefficient (Wildman–Crippen LogP) is 11.2. The van der Waals surface area contributed by atoms with E-state index in [0.29, 0.717) is 43.1 Å². The fourth-order valence-electron chi connectivity index (χ4n) is 3.74. The summed E-state index contributed by atoms with van der Waals surface area (Å²) in [5.41, 5.74) is -0.298. The van der Waals surface area contributed by atoms with E-state index in [4.69, 9.17) is 65.4 Å². The average Bonchev–Trinajstić information content (AvgIpc) is 2.99. The lowest BCUT2D eigenvalue weighted by Crippen LogP contribution is -2.03. The molecule has 5 aromatic carbocycles. The second kappa shape index (κ2) is 13.0. The molecule has 206 valence electrons. The van der Waals surface area contributed by atoms with E-state index < -0.39 is 0 Å². The van der Waals surface area contributed by atoms with Crippen LogP contribution in [0.15, 0.2) is 97.1 Å². The van der Waals surface area contributed by atoms with Gasteiger partial charge < -0.3 is 18.9 Å². The van der Waals surface area contributed by atoms with Gasteiger partial charge >= 0.3 is 0 Å². The van der Waals surface area contributed by atoms with Crippen LogP contribution < -0.4 is 18.9 Å². The Morgan fingerprint density at radius 1 is 0.357 bits per heavy atom. The third kappa shape index (κ3) is 6.66. The highest BCUT2D eigenvalue weighted by atomic mass is 35.5. The first-order chi connectivity index (χ1) is 20.3. The van der Waals surface area contributed by atoms with Crippen LogP contribution in [0.2, 0.25) is 20.1 Å². The molecule has 0 bridgehead atoms. The molecule has 42 heavy (non-hydrogen) atoms. The number of hydrogen-bond donors (Lipinski definition) is 0. The molecule has 0 aromatic heterocycles. The van der Waals surface area contributed by atoms with Crippen LogP contribution in [-0.2, 0) is 0 Å². The zero-order chi connectivity index (χ0) is 29.6. The second-order valence-electron chi connectivity index (χ2n) is 8.51. The lowest BCUT2D eigenvalue weighted by atomic mass is 10.0. The highest BCUT2D eigenvalue weighted by molar-refractivity contribution is 6.31. The number of nitrogens with zero attached hydrogens (tertiary/aromatic N) is 2. The molecule has 10 heteroatoms. The van der Waals surface area contributed by atoms with Crippen LogP contribution in [-0.4, -0.2) is 0 Å². The molecule has 5 rings (SSSR count).